The number of rotatable bonds is 3. The molecule has 0 aliphatic carbocycles. The number of H-pyrrole nitrogens is 1. The highest BCUT2D eigenvalue weighted by Gasteiger charge is 2.10. The van der Waals surface area contributed by atoms with Crippen LogP contribution in [0, 0.1) is 0 Å². The molecule has 6 nitrogen and oxygen atoms in total. The lowest BCUT2D eigenvalue weighted by Crippen LogP contribution is -2.47. The predicted octanol–water partition coefficient (Wildman–Crippen LogP) is 2.00. The van der Waals surface area contributed by atoms with Gasteiger partial charge in [0.1, 0.15) is 5.69 Å². The number of amides is 3. The molecule has 20 heavy (non-hydrogen) atoms. The Hall–Kier alpha value is -1.92. The minimum atomic E-state index is -0.529. The quantitative estimate of drug-likeness (QED) is 0.516. The molecule has 1 heterocycles. The van der Waals surface area contributed by atoms with Gasteiger partial charge in [0.15, 0.2) is 0 Å². The molecule has 2 rings (SSSR count). The van der Waals surface area contributed by atoms with E-state index < -0.39 is 11.9 Å². The van der Waals surface area contributed by atoms with Gasteiger partial charge in [-0.2, -0.15) is 0 Å². The smallest absolute Gasteiger partial charge is 0.333 e. The molecule has 106 valence electrons. The Kier molecular flexibility index (Phi) is 4.70. The van der Waals surface area contributed by atoms with Crippen LogP contribution in [0.2, 0.25) is 5.02 Å². The Bertz CT molecular complexity index is 641. The van der Waals surface area contributed by atoms with Crippen LogP contribution in [0.5, 0.6) is 0 Å². The molecule has 1 aromatic carbocycles. The maximum atomic E-state index is 11.8. The van der Waals surface area contributed by atoms with Crippen LogP contribution in [0.4, 0.5) is 4.79 Å². The lowest BCUT2D eigenvalue weighted by atomic mass is 10.2. The number of carbonyl (C=O) groups is 2. The van der Waals surface area contributed by atoms with Gasteiger partial charge in [0, 0.05) is 28.4 Å². The molecule has 0 saturated carbocycles. The summed E-state index contributed by atoms with van der Waals surface area (Å²) in [4.78, 5) is 26.0. The largest absolute Gasteiger partial charge is 0.350 e. The molecule has 0 fully saturated rings. The van der Waals surface area contributed by atoms with E-state index in [1.807, 2.05) is 0 Å². The molecule has 0 aliphatic heterocycles. The van der Waals surface area contributed by atoms with Crippen molar-refractivity contribution in [3.8, 4) is 0 Å². The van der Waals surface area contributed by atoms with E-state index in [1.54, 1.807) is 24.3 Å². The third-order valence-electron chi connectivity index (χ3n) is 2.50. The van der Waals surface area contributed by atoms with Crippen LogP contribution in [0.15, 0.2) is 24.3 Å². The van der Waals surface area contributed by atoms with Crippen LogP contribution >= 0.6 is 23.2 Å². The van der Waals surface area contributed by atoms with E-state index in [-0.39, 0.29) is 0 Å². The summed E-state index contributed by atoms with van der Waals surface area (Å²) in [5.74, 6) is -0.164. The van der Waals surface area contributed by atoms with Crippen molar-refractivity contribution < 1.29 is 9.59 Å². The molecule has 0 spiro atoms. The van der Waals surface area contributed by atoms with Crippen molar-refractivity contribution >= 4 is 46.0 Å². The highest BCUT2D eigenvalue weighted by molar-refractivity contribution is 6.31. The van der Waals surface area contributed by atoms with Gasteiger partial charge in [0.2, 0.25) is 0 Å². The maximum absolute atomic E-state index is 11.8. The molecule has 0 bridgehead atoms. The first-order valence-corrected chi connectivity index (χ1v) is 6.70. The average Bonchev–Trinajstić information content (AvgIpc) is 2.85. The summed E-state index contributed by atoms with van der Waals surface area (Å²) in [6, 6.07) is 6.35. The van der Waals surface area contributed by atoms with Gasteiger partial charge in [-0.05, 0) is 24.3 Å². The van der Waals surface area contributed by atoms with Gasteiger partial charge in [-0.25, -0.2) is 10.2 Å². The summed E-state index contributed by atoms with van der Waals surface area (Å²) in [7, 11) is 0. The standard InChI is InChI=1S/C12H12Cl2N4O2/c13-3-4-15-12(20)18-17-11(19)10-6-7-5-8(14)1-2-9(7)16-10/h1-2,5-6,16H,3-4H2,(H,17,19)(H2,15,18,20). The van der Waals surface area contributed by atoms with Gasteiger partial charge in [-0.3, -0.25) is 10.2 Å². The van der Waals surface area contributed by atoms with Crippen LogP contribution in [0.1, 0.15) is 10.5 Å². The molecule has 1 aromatic heterocycles. The molecule has 4 N–H and O–H groups in total. The van der Waals surface area contributed by atoms with Crippen LogP contribution in [-0.4, -0.2) is 29.3 Å². The Morgan fingerprint density at radius 1 is 1.20 bits per heavy atom. The van der Waals surface area contributed by atoms with Gasteiger partial charge in [0.05, 0.1) is 0 Å². The highest BCUT2D eigenvalue weighted by Crippen LogP contribution is 2.19. The number of halogens is 2. The number of urea groups is 1. The first-order valence-electron chi connectivity index (χ1n) is 5.78. The SMILES string of the molecule is O=C(NCCCl)NNC(=O)c1cc2cc(Cl)ccc2[nH]1. The van der Waals surface area contributed by atoms with Crippen LogP contribution < -0.4 is 16.2 Å². The normalized spacial score (nSPS) is 10.3. The second kappa shape index (κ2) is 6.49. The maximum Gasteiger partial charge on any atom is 0.333 e. The lowest BCUT2D eigenvalue weighted by molar-refractivity contribution is 0.0932. The fourth-order valence-electron chi connectivity index (χ4n) is 1.61. The van der Waals surface area contributed by atoms with Crippen molar-refractivity contribution in [3.63, 3.8) is 0 Å². The Morgan fingerprint density at radius 2 is 2.00 bits per heavy atom. The van der Waals surface area contributed by atoms with E-state index in [1.165, 1.54) is 0 Å². The summed E-state index contributed by atoms with van der Waals surface area (Å²) < 4.78 is 0. The van der Waals surface area contributed by atoms with E-state index in [2.05, 4.69) is 21.2 Å². The number of aromatic nitrogens is 1. The second-order valence-corrected chi connectivity index (χ2v) is 4.75. The van der Waals surface area contributed by atoms with E-state index in [0.717, 1.165) is 10.9 Å². The number of benzene rings is 1. The molecule has 0 unspecified atom stereocenters. The van der Waals surface area contributed by atoms with Crippen molar-refractivity contribution in [1.82, 2.24) is 21.2 Å². The Morgan fingerprint density at radius 3 is 2.75 bits per heavy atom. The monoisotopic (exact) mass is 314 g/mol. The summed E-state index contributed by atoms with van der Waals surface area (Å²) in [6.07, 6.45) is 0. The summed E-state index contributed by atoms with van der Waals surface area (Å²) in [5.41, 5.74) is 5.59. The van der Waals surface area contributed by atoms with Crippen molar-refractivity contribution in [3.05, 3.63) is 35.0 Å². The Labute approximate surface area is 124 Å². The molecule has 0 atom stereocenters. The minimum absolute atomic E-state index is 0.296. The molecule has 0 radical (unpaired) electrons. The summed E-state index contributed by atoms with van der Waals surface area (Å²) in [5, 5.41) is 3.85. The zero-order chi connectivity index (χ0) is 14.5. The first-order chi connectivity index (χ1) is 9.60. The number of aromatic amines is 1. The second-order valence-electron chi connectivity index (χ2n) is 3.94. The molecule has 8 heteroatoms. The molecule has 3 amide bonds. The number of nitrogens with one attached hydrogen (secondary N) is 4. The van der Waals surface area contributed by atoms with E-state index in [9.17, 15) is 9.59 Å². The highest BCUT2D eigenvalue weighted by atomic mass is 35.5. The number of fused-ring (bicyclic) bond motifs is 1. The first kappa shape index (κ1) is 14.5. The molecule has 2 aromatic rings. The summed E-state index contributed by atoms with van der Waals surface area (Å²) in [6.45, 7) is 0.314. The third kappa shape index (κ3) is 3.55. The van der Waals surface area contributed by atoms with E-state index in [4.69, 9.17) is 23.2 Å². The van der Waals surface area contributed by atoms with Crippen molar-refractivity contribution in [2.24, 2.45) is 0 Å². The molecular weight excluding hydrogens is 303 g/mol. The number of alkyl halides is 1. The third-order valence-corrected chi connectivity index (χ3v) is 2.92. The topological polar surface area (TPSA) is 86.0 Å². The van der Waals surface area contributed by atoms with E-state index in [0.29, 0.717) is 23.1 Å². The molecule has 0 aliphatic rings. The van der Waals surface area contributed by atoms with Crippen molar-refractivity contribution in [1.29, 1.82) is 0 Å². The minimum Gasteiger partial charge on any atom is -0.350 e. The fraction of sp³-hybridized carbons (Fsp3) is 0.167. The zero-order valence-electron chi connectivity index (χ0n) is 10.3. The molecular formula is C12H12Cl2N4O2. The van der Waals surface area contributed by atoms with Crippen LogP contribution in [0.3, 0.4) is 0 Å². The molecule has 0 saturated heterocycles. The van der Waals surface area contributed by atoms with Crippen molar-refractivity contribution in [2.75, 3.05) is 12.4 Å². The zero-order valence-corrected chi connectivity index (χ0v) is 11.8. The van der Waals surface area contributed by atoms with Gasteiger partial charge in [-0.1, -0.05) is 11.6 Å². The lowest BCUT2D eigenvalue weighted by Gasteiger charge is -2.06. The predicted molar refractivity (Wildman–Crippen MR) is 78.0 cm³/mol. The Balaban J connectivity index is 1.99. The van der Waals surface area contributed by atoms with Crippen LogP contribution in [0.25, 0.3) is 10.9 Å². The summed E-state index contributed by atoms with van der Waals surface area (Å²) >= 11 is 11.3. The average molecular weight is 315 g/mol. The van der Waals surface area contributed by atoms with Gasteiger partial charge < -0.3 is 10.3 Å². The van der Waals surface area contributed by atoms with E-state index >= 15 is 0 Å². The number of hydrogen-bond acceptors (Lipinski definition) is 2. The number of hydrazine groups is 1. The van der Waals surface area contributed by atoms with Gasteiger partial charge in [0.25, 0.3) is 5.91 Å². The van der Waals surface area contributed by atoms with Gasteiger partial charge in [-0.15, -0.1) is 11.6 Å². The van der Waals surface area contributed by atoms with Crippen molar-refractivity contribution in [2.45, 2.75) is 0 Å². The van der Waals surface area contributed by atoms with Gasteiger partial charge >= 0.3 is 6.03 Å². The van der Waals surface area contributed by atoms with Crippen LogP contribution in [-0.2, 0) is 0 Å². The number of hydrogen-bond donors (Lipinski definition) is 4. The fourth-order valence-corrected chi connectivity index (χ4v) is 1.89. The number of carbonyl (C=O) groups excluding carboxylic acids is 2.